The maximum absolute atomic E-state index is 12.0. The minimum absolute atomic E-state index is 0.147. The fraction of sp³-hybridized carbons (Fsp3) is 0.333. The summed E-state index contributed by atoms with van der Waals surface area (Å²) in [7, 11) is 0. The molecule has 2 amide bonds. The molecule has 0 aliphatic carbocycles. The summed E-state index contributed by atoms with van der Waals surface area (Å²) in [5.74, 6) is -0.885. The van der Waals surface area contributed by atoms with Gasteiger partial charge in [0.1, 0.15) is 11.7 Å². The molecular weight excluding hydrogens is 218 g/mol. The zero-order valence-electron chi connectivity index (χ0n) is 9.38. The molecule has 0 aromatic carbocycles. The predicted molar refractivity (Wildman–Crippen MR) is 59.0 cm³/mol. The fourth-order valence-corrected chi connectivity index (χ4v) is 1.89. The van der Waals surface area contributed by atoms with Gasteiger partial charge in [-0.2, -0.15) is 5.26 Å². The first-order chi connectivity index (χ1) is 8.20. The van der Waals surface area contributed by atoms with Gasteiger partial charge in [-0.05, 0) is 18.6 Å². The number of fused-ring (bicyclic) bond motifs is 1. The highest BCUT2D eigenvalue weighted by Crippen LogP contribution is 2.23. The number of imide groups is 1. The lowest BCUT2D eigenvalue weighted by atomic mass is 10.1. The van der Waals surface area contributed by atoms with Crippen molar-refractivity contribution >= 4 is 11.8 Å². The zero-order chi connectivity index (χ0) is 12.4. The molecule has 86 valence electrons. The van der Waals surface area contributed by atoms with E-state index in [-0.39, 0.29) is 11.3 Å². The van der Waals surface area contributed by atoms with Gasteiger partial charge in [0.25, 0.3) is 11.8 Å². The molecule has 1 aromatic rings. The molecule has 1 aliphatic heterocycles. The maximum Gasteiger partial charge on any atom is 0.281 e. The topological polar surface area (TPSA) is 74.1 Å². The third kappa shape index (κ3) is 1.68. The molecule has 2 rings (SSSR count). The van der Waals surface area contributed by atoms with E-state index in [9.17, 15) is 9.59 Å². The van der Waals surface area contributed by atoms with Crippen molar-refractivity contribution in [1.29, 1.82) is 5.26 Å². The summed E-state index contributed by atoms with van der Waals surface area (Å²) in [4.78, 5) is 28.9. The molecule has 0 saturated heterocycles. The molecule has 1 atom stereocenters. The Morgan fingerprint density at radius 3 is 2.82 bits per heavy atom. The van der Waals surface area contributed by atoms with Gasteiger partial charge in [-0.25, -0.2) is 0 Å². The second-order valence-corrected chi connectivity index (χ2v) is 3.81. The SMILES string of the molecule is CCCC(C#N)N1C(=O)c2cccnc2C1=O. The molecule has 0 radical (unpaired) electrons. The molecule has 0 N–H and O–H groups in total. The Bertz CT molecular complexity index is 484. The number of nitrogens with zero attached hydrogens (tertiary/aromatic N) is 3. The van der Waals surface area contributed by atoms with Crippen LogP contribution in [-0.4, -0.2) is 27.7 Å². The number of rotatable bonds is 3. The normalized spacial score (nSPS) is 15.6. The smallest absolute Gasteiger partial charge is 0.268 e. The Morgan fingerprint density at radius 1 is 1.47 bits per heavy atom. The molecule has 5 nitrogen and oxygen atoms in total. The molecule has 1 unspecified atom stereocenters. The Balaban J connectivity index is 2.39. The second kappa shape index (κ2) is 4.34. The van der Waals surface area contributed by atoms with Crippen LogP contribution in [0.25, 0.3) is 0 Å². The fourth-order valence-electron chi connectivity index (χ4n) is 1.89. The number of pyridine rings is 1. The summed E-state index contributed by atoms with van der Waals surface area (Å²) in [6.45, 7) is 1.90. The molecule has 5 heteroatoms. The number of carbonyl (C=O) groups excluding carboxylic acids is 2. The van der Waals surface area contributed by atoms with Gasteiger partial charge in [-0.1, -0.05) is 13.3 Å². The van der Waals surface area contributed by atoms with Crippen molar-refractivity contribution in [3.05, 3.63) is 29.6 Å². The summed E-state index contributed by atoms with van der Waals surface area (Å²) >= 11 is 0. The number of carbonyl (C=O) groups is 2. The monoisotopic (exact) mass is 229 g/mol. The van der Waals surface area contributed by atoms with E-state index in [1.54, 1.807) is 12.1 Å². The van der Waals surface area contributed by atoms with Crippen molar-refractivity contribution in [3.63, 3.8) is 0 Å². The standard InChI is InChI=1S/C12H11N3O2/c1-2-4-8(7-13)15-11(16)9-5-3-6-14-10(9)12(15)17/h3,5-6,8H,2,4H2,1H3. The van der Waals surface area contributed by atoms with Crippen LogP contribution in [0.2, 0.25) is 0 Å². The maximum atomic E-state index is 12.0. The van der Waals surface area contributed by atoms with Crippen LogP contribution in [0.15, 0.2) is 18.3 Å². The summed E-state index contributed by atoms with van der Waals surface area (Å²) in [5.41, 5.74) is 0.433. The summed E-state index contributed by atoms with van der Waals surface area (Å²) in [6, 6.07) is 4.46. The molecule has 1 aromatic heterocycles. The van der Waals surface area contributed by atoms with E-state index in [1.165, 1.54) is 6.20 Å². The highest BCUT2D eigenvalue weighted by atomic mass is 16.2. The number of aromatic nitrogens is 1. The summed E-state index contributed by atoms with van der Waals surface area (Å²) in [5, 5.41) is 9.02. The second-order valence-electron chi connectivity index (χ2n) is 3.81. The Hall–Kier alpha value is -2.22. The van der Waals surface area contributed by atoms with Gasteiger partial charge in [0, 0.05) is 6.20 Å². The van der Waals surface area contributed by atoms with Gasteiger partial charge >= 0.3 is 0 Å². The van der Waals surface area contributed by atoms with Crippen LogP contribution in [0.3, 0.4) is 0 Å². The average molecular weight is 229 g/mol. The first-order valence-corrected chi connectivity index (χ1v) is 5.43. The molecule has 0 fully saturated rings. The van der Waals surface area contributed by atoms with Crippen LogP contribution in [-0.2, 0) is 0 Å². The quantitative estimate of drug-likeness (QED) is 0.733. The van der Waals surface area contributed by atoms with Crippen molar-refractivity contribution in [2.75, 3.05) is 0 Å². The third-order valence-electron chi connectivity index (χ3n) is 2.70. The lowest BCUT2D eigenvalue weighted by Gasteiger charge is -2.18. The minimum atomic E-state index is -0.700. The highest BCUT2D eigenvalue weighted by Gasteiger charge is 2.40. The van der Waals surface area contributed by atoms with Crippen LogP contribution in [0.4, 0.5) is 0 Å². The molecular formula is C12H11N3O2. The Kier molecular flexibility index (Phi) is 2.88. The van der Waals surface area contributed by atoms with Crippen LogP contribution >= 0.6 is 0 Å². The molecule has 0 bridgehead atoms. The largest absolute Gasteiger partial charge is 0.281 e. The van der Waals surface area contributed by atoms with E-state index in [4.69, 9.17) is 5.26 Å². The van der Waals surface area contributed by atoms with Gasteiger partial charge < -0.3 is 0 Å². The van der Waals surface area contributed by atoms with Crippen molar-refractivity contribution in [1.82, 2.24) is 9.88 Å². The third-order valence-corrected chi connectivity index (χ3v) is 2.70. The van der Waals surface area contributed by atoms with E-state index in [1.807, 2.05) is 13.0 Å². The molecule has 0 saturated carbocycles. The first-order valence-electron chi connectivity index (χ1n) is 5.43. The van der Waals surface area contributed by atoms with E-state index < -0.39 is 17.9 Å². The van der Waals surface area contributed by atoms with E-state index in [0.717, 1.165) is 11.3 Å². The average Bonchev–Trinajstić information content (AvgIpc) is 2.61. The van der Waals surface area contributed by atoms with E-state index in [2.05, 4.69) is 4.98 Å². The molecule has 1 aliphatic rings. The van der Waals surface area contributed by atoms with Crippen LogP contribution < -0.4 is 0 Å². The molecule has 0 spiro atoms. The molecule has 2 heterocycles. The van der Waals surface area contributed by atoms with Crippen molar-refractivity contribution in [2.45, 2.75) is 25.8 Å². The Morgan fingerprint density at radius 2 is 2.24 bits per heavy atom. The number of nitriles is 1. The number of hydrogen-bond donors (Lipinski definition) is 0. The lowest BCUT2D eigenvalue weighted by Crippen LogP contribution is -2.39. The van der Waals surface area contributed by atoms with Crippen LogP contribution in [0, 0.1) is 11.3 Å². The Labute approximate surface area is 98.7 Å². The summed E-state index contributed by atoms with van der Waals surface area (Å²) < 4.78 is 0. The number of amides is 2. The zero-order valence-corrected chi connectivity index (χ0v) is 9.38. The van der Waals surface area contributed by atoms with Crippen molar-refractivity contribution in [2.24, 2.45) is 0 Å². The van der Waals surface area contributed by atoms with E-state index in [0.29, 0.717) is 6.42 Å². The first kappa shape index (κ1) is 11.3. The van der Waals surface area contributed by atoms with Gasteiger partial charge in [-0.3, -0.25) is 19.5 Å². The minimum Gasteiger partial charge on any atom is -0.268 e. The van der Waals surface area contributed by atoms with Gasteiger partial charge in [0.05, 0.1) is 11.6 Å². The highest BCUT2D eigenvalue weighted by molar-refractivity contribution is 6.20. The van der Waals surface area contributed by atoms with Gasteiger partial charge in [0.2, 0.25) is 0 Å². The van der Waals surface area contributed by atoms with E-state index >= 15 is 0 Å². The summed E-state index contributed by atoms with van der Waals surface area (Å²) in [6.07, 6.45) is 2.69. The predicted octanol–water partition coefficient (Wildman–Crippen LogP) is 1.37. The number of hydrogen-bond acceptors (Lipinski definition) is 4. The van der Waals surface area contributed by atoms with Gasteiger partial charge in [-0.15, -0.1) is 0 Å². The van der Waals surface area contributed by atoms with Crippen molar-refractivity contribution in [3.8, 4) is 6.07 Å². The molecule has 17 heavy (non-hydrogen) atoms. The van der Waals surface area contributed by atoms with Crippen LogP contribution in [0.1, 0.15) is 40.6 Å². The van der Waals surface area contributed by atoms with Gasteiger partial charge in [0.15, 0.2) is 0 Å². The van der Waals surface area contributed by atoms with Crippen LogP contribution in [0.5, 0.6) is 0 Å². The van der Waals surface area contributed by atoms with Crippen molar-refractivity contribution < 1.29 is 9.59 Å². The lowest BCUT2D eigenvalue weighted by molar-refractivity contribution is 0.0611.